The molecule has 0 spiro atoms. The van der Waals surface area contributed by atoms with Gasteiger partial charge in [-0.1, -0.05) is 36.5 Å². The first kappa shape index (κ1) is 23.5. The highest BCUT2D eigenvalue weighted by Gasteiger charge is 2.39. The van der Waals surface area contributed by atoms with Gasteiger partial charge in [0.15, 0.2) is 6.79 Å². The Morgan fingerprint density at radius 1 is 1.26 bits per heavy atom. The molecule has 0 heterocycles. The molecular formula is C18H30N2O6S. The first-order valence-corrected chi connectivity index (χ1v) is 10.5. The topological polar surface area (TPSA) is 105 Å². The van der Waals surface area contributed by atoms with Gasteiger partial charge in [-0.2, -0.15) is 0 Å². The van der Waals surface area contributed by atoms with E-state index in [1.54, 1.807) is 39.8 Å². The van der Waals surface area contributed by atoms with Crippen LogP contribution in [0.1, 0.15) is 44.7 Å². The number of ether oxygens (including phenoxy) is 1. The predicted octanol–water partition coefficient (Wildman–Crippen LogP) is 2.31. The average Bonchev–Trinajstić information content (AvgIpc) is 2.63. The van der Waals surface area contributed by atoms with Crippen molar-refractivity contribution in [1.29, 1.82) is 0 Å². The summed E-state index contributed by atoms with van der Waals surface area (Å²) in [6.07, 6.45) is 1.18. The minimum absolute atomic E-state index is 0.289. The maximum atomic E-state index is 12.7. The van der Waals surface area contributed by atoms with Crippen molar-refractivity contribution in [3.63, 3.8) is 0 Å². The van der Waals surface area contributed by atoms with E-state index in [-0.39, 0.29) is 6.79 Å². The van der Waals surface area contributed by atoms with Crippen LogP contribution in [0.5, 0.6) is 0 Å². The minimum atomic E-state index is -4.47. The van der Waals surface area contributed by atoms with Crippen LogP contribution in [-0.4, -0.2) is 48.8 Å². The number of hydrogen-bond acceptors (Lipinski definition) is 6. The van der Waals surface area contributed by atoms with Crippen LogP contribution in [0.25, 0.3) is 0 Å². The van der Waals surface area contributed by atoms with E-state index in [1.165, 1.54) is 0 Å². The third-order valence-electron chi connectivity index (χ3n) is 4.05. The predicted molar refractivity (Wildman–Crippen MR) is 103 cm³/mol. The highest BCUT2D eigenvalue weighted by Crippen LogP contribution is 2.21. The van der Waals surface area contributed by atoms with Crippen molar-refractivity contribution in [2.45, 2.75) is 58.9 Å². The van der Waals surface area contributed by atoms with Gasteiger partial charge in [0, 0.05) is 18.3 Å². The van der Waals surface area contributed by atoms with Crippen LogP contribution >= 0.6 is 0 Å². The number of hydroxylamine groups is 1. The van der Waals surface area contributed by atoms with Crippen LogP contribution in [0.2, 0.25) is 0 Å². The minimum Gasteiger partial charge on any atom is -0.368 e. The highest BCUT2D eigenvalue weighted by molar-refractivity contribution is 7.90. The lowest BCUT2D eigenvalue weighted by Crippen LogP contribution is -2.48. The number of benzene rings is 1. The lowest BCUT2D eigenvalue weighted by Gasteiger charge is -2.28. The number of carbonyl (C=O) groups excluding carboxylic acids is 1. The van der Waals surface area contributed by atoms with Crippen LogP contribution in [-0.2, 0) is 24.4 Å². The molecule has 0 bridgehead atoms. The molecule has 0 fully saturated rings. The van der Waals surface area contributed by atoms with E-state index in [0.717, 1.165) is 17.5 Å². The molecule has 2 N–H and O–H groups in total. The smallest absolute Gasteiger partial charge is 0.272 e. The molecule has 0 aromatic heterocycles. The number of sulfonamides is 1. The van der Waals surface area contributed by atoms with Gasteiger partial charge >= 0.3 is 0 Å². The molecule has 8 nitrogen and oxygen atoms in total. The maximum absolute atomic E-state index is 12.7. The van der Waals surface area contributed by atoms with Crippen LogP contribution < -0.4 is 5.32 Å². The maximum Gasteiger partial charge on any atom is 0.272 e. The molecule has 154 valence electrons. The van der Waals surface area contributed by atoms with Crippen LogP contribution in [0.4, 0.5) is 5.69 Å². The Balaban J connectivity index is 2.97. The van der Waals surface area contributed by atoms with Gasteiger partial charge in [-0.15, -0.1) is 0 Å². The first-order chi connectivity index (χ1) is 12.7. The number of amides is 1. The van der Waals surface area contributed by atoms with Gasteiger partial charge in [-0.3, -0.25) is 9.63 Å². The molecular weight excluding hydrogens is 372 g/mol. The fourth-order valence-electron chi connectivity index (χ4n) is 2.32. The third-order valence-corrected chi connectivity index (χ3v) is 5.79. The number of nitrogens with one attached hydrogen (secondary N) is 1. The summed E-state index contributed by atoms with van der Waals surface area (Å²) >= 11 is 0. The number of anilines is 1. The van der Waals surface area contributed by atoms with Crippen LogP contribution in [0, 0.1) is 13.8 Å². The zero-order valence-corrected chi connectivity index (χ0v) is 17.4. The number of aryl methyl sites for hydroxylation is 2. The summed E-state index contributed by atoms with van der Waals surface area (Å²) in [5, 5.41) is 12.7. The molecule has 1 aromatic rings. The zero-order valence-electron chi connectivity index (χ0n) is 16.6. The van der Waals surface area contributed by atoms with E-state index >= 15 is 0 Å². The summed E-state index contributed by atoms with van der Waals surface area (Å²) in [4.78, 5) is 17.6. The van der Waals surface area contributed by atoms with Gasteiger partial charge in [-0.05, 0) is 44.7 Å². The van der Waals surface area contributed by atoms with E-state index in [0.29, 0.717) is 23.2 Å². The molecule has 0 saturated heterocycles. The molecule has 0 aliphatic heterocycles. The molecule has 0 aliphatic rings. The van der Waals surface area contributed by atoms with Crippen molar-refractivity contribution in [1.82, 2.24) is 4.47 Å². The van der Waals surface area contributed by atoms with E-state index < -0.39 is 27.4 Å². The summed E-state index contributed by atoms with van der Waals surface area (Å²) in [5.41, 5.74) is -0.317. The van der Waals surface area contributed by atoms with E-state index in [9.17, 15) is 18.3 Å². The molecule has 0 radical (unpaired) electrons. The second-order valence-corrected chi connectivity index (χ2v) is 8.16. The fourth-order valence-corrected chi connectivity index (χ4v) is 3.69. The number of nitrogens with zero attached hydrogens (tertiary/aromatic N) is 1. The summed E-state index contributed by atoms with van der Waals surface area (Å²) in [6.45, 7) is 8.98. The number of para-hydroxylation sites is 1. The number of rotatable bonds is 11. The zero-order chi connectivity index (χ0) is 20.6. The lowest BCUT2D eigenvalue weighted by atomic mass is 10.1. The first-order valence-electron chi connectivity index (χ1n) is 8.95. The fraction of sp³-hybridized carbons (Fsp3) is 0.611. The van der Waals surface area contributed by atoms with Crippen molar-refractivity contribution in [2.75, 3.05) is 18.7 Å². The van der Waals surface area contributed by atoms with Gasteiger partial charge in [0.25, 0.3) is 21.4 Å². The summed E-state index contributed by atoms with van der Waals surface area (Å²) in [7, 11) is -4.47. The van der Waals surface area contributed by atoms with E-state index in [2.05, 4.69) is 5.32 Å². The average molecular weight is 403 g/mol. The van der Waals surface area contributed by atoms with Gasteiger partial charge in [-0.25, -0.2) is 8.42 Å². The summed E-state index contributed by atoms with van der Waals surface area (Å²) in [5.74, 6) is -1.04. The molecule has 27 heavy (non-hydrogen) atoms. The molecule has 2 unspecified atom stereocenters. The third kappa shape index (κ3) is 6.25. The number of carbonyl (C=O) groups is 1. The van der Waals surface area contributed by atoms with Gasteiger partial charge in [0.05, 0.1) is 0 Å². The number of aliphatic hydroxyl groups excluding tert-OH is 1. The van der Waals surface area contributed by atoms with E-state index in [1.807, 2.05) is 13.0 Å². The van der Waals surface area contributed by atoms with Crippen molar-refractivity contribution in [2.24, 2.45) is 0 Å². The van der Waals surface area contributed by atoms with Crippen LogP contribution in [0.3, 0.4) is 0 Å². The normalized spacial score (nSPS) is 14.2. The van der Waals surface area contributed by atoms with Crippen molar-refractivity contribution < 1.29 is 27.9 Å². The van der Waals surface area contributed by atoms with Crippen LogP contribution in [0.15, 0.2) is 18.2 Å². The van der Waals surface area contributed by atoms with Gasteiger partial charge < -0.3 is 15.2 Å². The quantitative estimate of drug-likeness (QED) is 0.334. The Labute approximate surface area is 161 Å². The SMILES string of the molecule is CCCOCON(C(C)CC)S(=O)(=O)C(O)C(=O)Nc1c(C)cccc1C. The second-order valence-electron chi connectivity index (χ2n) is 6.32. The molecule has 0 saturated carbocycles. The second kappa shape index (κ2) is 10.7. The van der Waals surface area contributed by atoms with Gasteiger partial charge in [0.2, 0.25) is 0 Å². The van der Waals surface area contributed by atoms with Crippen molar-refractivity contribution >= 4 is 21.6 Å². The molecule has 0 aliphatic carbocycles. The molecule has 1 amide bonds. The van der Waals surface area contributed by atoms with Gasteiger partial charge in [0.1, 0.15) is 0 Å². The number of aliphatic hydroxyl groups is 1. The standard InChI is InChI=1S/C18H30N2O6S/c1-6-11-25-12-26-20(15(5)7-2)27(23,24)18(22)17(21)19-16-13(3)9-8-10-14(16)4/h8-10,15,18,22H,6-7,11-12H2,1-5H3,(H,19,21). The van der Waals surface area contributed by atoms with E-state index in [4.69, 9.17) is 9.57 Å². The van der Waals surface area contributed by atoms with Crippen molar-refractivity contribution in [3.8, 4) is 0 Å². The monoisotopic (exact) mass is 402 g/mol. The summed E-state index contributed by atoms with van der Waals surface area (Å²) in [6, 6.07) is 4.80. The molecule has 2 atom stereocenters. The largest absolute Gasteiger partial charge is 0.368 e. The molecule has 1 rings (SSSR count). The summed E-state index contributed by atoms with van der Waals surface area (Å²) < 4.78 is 31.3. The Hall–Kier alpha value is -1.52. The Morgan fingerprint density at radius 3 is 2.37 bits per heavy atom. The Kier molecular flexibility index (Phi) is 9.34. The molecule has 1 aromatic carbocycles. The van der Waals surface area contributed by atoms with Crippen molar-refractivity contribution in [3.05, 3.63) is 29.3 Å². The Morgan fingerprint density at radius 2 is 1.85 bits per heavy atom. The lowest BCUT2D eigenvalue weighted by molar-refractivity contribution is -0.190. The molecule has 9 heteroatoms. The Bertz CT molecular complexity index is 702. The number of hydrogen-bond donors (Lipinski definition) is 2. The highest BCUT2D eigenvalue weighted by atomic mass is 32.2.